The molecule has 0 bridgehead atoms. The van der Waals surface area contributed by atoms with Crippen molar-refractivity contribution in [2.24, 2.45) is 0 Å². The number of fused-ring (bicyclic) bond motifs is 1. The first kappa shape index (κ1) is 17.5. The van der Waals surface area contributed by atoms with E-state index in [4.69, 9.17) is 4.52 Å². The van der Waals surface area contributed by atoms with Gasteiger partial charge in [0.1, 0.15) is 5.69 Å². The van der Waals surface area contributed by atoms with Crippen LogP contribution in [0.1, 0.15) is 21.7 Å². The summed E-state index contributed by atoms with van der Waals surface area (Å²) in [6, 6.07) is 20.2. The van der Waals surface area contributed by atoms with Crippen molar-refractivity contribution in [1.29, 1.82) is 0 Å². The third-order valence-electron chi connectivity index (χ3n) is 5.24. The van der Waals surface area contributed by atoms with Crippen molar-refractivity contribution in [1.82, 2.24) is 15.0 Å². The summed E-state index contributed by atoms with van der Waals surface area (Å²) in [7, 11) is 3.93. The van der Waals surface area contributed by atoms with Gasteiger partial charge in [-0.1, -0.05) is 59.8 Å². The Kier molecular flexibility index (Phi) is 4.77. The molecule has 0 radical (unpaired) electrons. The topological polar surface area (TPSA) is 49.6 Å². The van der Waals surface area contributed by atoms with E-state index in [1.165, 1.54) is 11.1 Å². The zero-order valence-corrected chi connectivity index (χ0v) is 15.6. The van der Waals surface area contributed by atoms with Crippen LogP contribution in [0.3, 0.4) is 0 Å². The molecule has 2 heterocycles. The quantitative estimate of drug-likeness (QED) is 0.714. The molecule has 5 nitrogen and oxygen atoms in total. The fourth-order valence-electron chi connectivity index (χ4n) is 3.63. The fourth-order valence-corrected chi connectivity index (χ4v) is 3.63. The monoisotopic (exact) mass is 361 g/mol. The van der Waals surface area contributed by atoms with E-state index in [1.807, 2.05) is 37.4 Å². The van der Waals surface area contributed by atoms with Crippen LogP contribution in [0.4, 0.5) is 0 Å². The lowest BCUT2D eigenvalue weighted by atomic mass is 9.94. The molecule has 138 valence electrons. The fraction of sp³-hybridized carbons (Fsp3) is 0.273. The minimum atomic E-state index is -0.142. The van der Waals surface area contributed by atoms with Crippen molar-refractivity contribution < 1.29 is 9.32 Å². The van der Waals surface area contributed by atoms with E-state index in [-0.39, 0.29) is 17.7 Å². The van der Waals surface area contributed by atoms with Crippen LogP contribution >= 0.6 is 0 Å². The van der Waals surface area contributed by atoms with E-state index in [9.17, 15) is 4.79 Å². The summed E-state index contributed by atoms with van der Waals surface area (Å²) in [4.78, 5) is 16.8. The second-order valence-electron chi connectivity index (χ2n) is 7.17. The average Bonchev–Trinajstić information content (AvgIpc) is 3.19. The molecule has 1 aliphatic heterocycles. The third kappa shape index (κ3) is 3.64. The van der Waals surface area contributed by atoms with Crippen LogP contribution in [-0.2, 0) is 13.0 Å². The second kappa shape index (κ2) is 7.37. The Morgan fingerprint density at radius 1 is 1.15 bits per heavy atom. The molecule has 0 saturated carbocycles. The van der Waals surface area contributed by atoms with Gasteiger partial charge < -0.3 is 9.42 Å². The van der Waals surface area contributed by atoms with E-state index in [0.29, 0.717) is 12.2 Å². The van der Waals surface area contributed by atoms with Gasteiger partial charge in [0.15, 0.2) is 0 Å². The maximum absolute atomic E-state index is 12.8. The molecular formula is C22H23N3O2. The van der Waals surface area contributed by atoms with Crippen LogP contribution in [0.2, 0.25) is 0 Å². The van der Waals surface area contributed by atoms with Gasteiger partial charge in [0.25, 0.3) is 5.91 Å². The van der Waals surface area contributed by atoms with Crippen molar-refractivity contribution in [2.45, 2.75) is 19.0 Å². The molecule has 0 saturated heterocycles. The highest BCUT2D eigenvalue weighted by molar-refractivity contribution is 5.92. The molecular weight excluding hydrogens is 338 g/mol. The van der Waals surface area contributed by atoms with Crippen molar-refractivity contribution in [3.05, 3.63) is 77.6 Å². The maximum atomic E-state index is 12.8. The predicted octanol–water partition coefficient (Wildman–Crippen LogP) is 3.47. The van der Waals surface area contributed by atoms with Gasteiger partial charge in [0.05, 0.1) is 0 Å². The molecule has 1 aromatic heterocycles. The zero-order chi connectivity index (χ0) is 18.8. The number of hydrogen-bond acceptors (Lipinski definition) is 4. The number of amides is 1. The summed E-state index contributed by atoms with van der Waals surface area (Å²) in [5.41, 5.74) is 4.35. The Morgan fingerprint density at radius 2 is 1.85 bits per heavy atom. The van der Waals surface area contributed by atoms with E-state index >= 15 is 0 Å². The number of carbonyl (C=O) groups excluding carboxylic acids is 1. The number of carbonyl (C=O) groups is 1. The average molecular weight is 361 g/mol. The first-order valence-electron chi connectivity index (χ1n) is 9.16. The number of aromatic nitrogens is 1. The number of benzene rings is 2. The minimum Gasteiger partial charge on any atom is -0.350 e. The van der Waals surface area contributed by atoms with Gasteiger partial charge in [-0.05, 0) is 24.6 Å². The molecule has 5 heteroatoms. The van der Waals surface area contributed by atoms with Crippen LogP contribution in [0.15, 0.2) is 65.2 Å². The Morgan fingerprint density at radius 3 is 2.63 bits per heavy atom. The SMILES string of the molecule is CN(C[C@H]1Cc2ccccc2CN1C)C(=O)c1cc(-c2ccccc2)no1. The van der Waals surface area contributed by atoms with Crippen molar-refractivity contribution >= 4 is 5.91 Å². The van der Waals surface area contributed by atoms with Crippen molar-refractivity contribution in [2.75, 3.05) is 20.6 Å². The highest BCUT2D eigenvalue weighted by atomic mass is 16.5. The molecule has 0 fully saturated rings. The summed E-state index contributed by atoms with van der Waals surface area (Å²) in [5.74, 6) is 0.132. The Balaban J connectivity index is 1.45. The number of hydrogen-bond donors (Lipinski definition) is 0. The lowest BCUT2D eigenvalue weighted by Crippen LogP contribution is -2.46. The third-order valence-corrected chi connectivity index (χ3v) is 5.24. The Bertz CT molecular complexity index is 935. The molecule has 1 atom stereocenters. The molecule has 1 amide bonds. The minimum absolute atomic E-state index is 0.142. The van der Waals surface area contributed by atoms with Crippen LogP contribution in [0.5, 0.6) is 0 Å². The summed E-state index contributed by atoms with van der Waals surface area (Å²) in [6.07, 6.45) is 0.940. The first-order chi connectivity index (χ1) is 13.1. The van der Waals surface area contributed by atoms with Crippen LogP contribution in [0.25, 0.3) is 11.3 Å². The molecule has 1 aliphatic rings. The van der Waals surface area contributed by atoms with E-state index in [1.54, 1.807) is 11.0 Å². The van der Waals surface area contributed by atoms with E-state index in [2.05, 4.69) is 41.4 Å². The van der Waals surface area contributed by atoms with Crippen molar-refractivity contribution in [3.63, 3.8) is 0 Å². The summed E-state index contributed by atoms with van der Waals surface area (Å²) < 4.78 is 5.32. The molecule has 27 heavy (non-hydrogen) atoms. The summed E-state index contributed by atoms with van der Waals surface area (Å²) in [6.45, 7) is 1.55. The number of rotatable bonds is 4. The molecule has 0 N–H and O–H groups in total. The normalized spacial score (nSPS) is 16.7. The summed E-state index contributed by atoms with van der Waals surface area (Å²) >= 11 is 0. The molecule has 0 aliphatic carbocycles. The number of nitrogens with zero attached hydrogens (tertiary/aromatic N) is 3. The standard InChI is InChI=1S/C22H23N3O2/c1-24-14-18-11-7-6-10-17(18)12-19(24)15-25(2)22(26)21-13-20(23-27-21)16-8-4-3-5-9-16/h3-11,13,19H,12,14-15H2,1-2H3/t19-/m1/s1. The highest BCUT2D eigenvalue weighted by Crippen LogP contribution is 2.23. The molecule has 4 rings (SSSR count). The summed E-state index contributed by atoms with van der Waals surface area (Å²) in [5, 5.41) is 4.05. The Labute approximate surface area is 159 Å². The smallest absolute Gasteiger partial charge is 0.292 e. The second-order valence-corrected chi connectivity index (χ2v) is 7.17. The van der Waals surface area contributed by atoms with E-state index in [0.717, 1.165) is 18.5 Å². The molecule has 0 spiro atoms. The molecule has 2 aromatic carbocycles. The zero-order valence-electron chi connectivity index (χ0n) is 15.6. The van der Waals surface area contributed by atoms with E-state index < -0.39 is 0 Å². The van der Waals surface area contributed by atoms with Crippen LogP contribution in [0, 0.1) is 0 Å². The lowest BCUT2D eigenvalue weighted by Gasteiger charge is -2.36. The van der Waals surface area contributed by atoms with Gasteiger partial charge in [-0.15, -0.1) is 0 Å². The van der Waals surface area contributed by atoms with Gasteiger partial charge in [0.2, 0.25) is 5.76 Å². The van der Waals surface area contributed by atoms with Crippen LogP contribution in [-0.4, -0.2) is 47.5 Å². The van der Waals surface area contributed by atoms with Gasteiger partial charge >= 0.3 is 0 Å². The lowest BCUT2D eigenvalue weighted by molar-refractivity contribution is 0.0693. The van der Waals surface area contributed by atoms with Gasteiger partial charge in [0, 0.05) is 37.8 Å². The molecule has 0 unspecified atom stereocenters. The maximum Gasteiger partial charge on any atom is 0.292 e. The molecule has 3 aromatic rings. The van der Waals surface area contributed by atoms with Gasteiger partial charge in [-0.2, -0.15) is 0 Å². The van der Waals surface area contributed by atoms with Crippen molar-refractivity contribution in [3.8, 4) is 11.3 Å². The highest BCUT2D eigenvalue weighted by Gasteiger charge is 2.27. The van der Waals surface area contributed by atoms with Crippen LogP contribution < -0.4 is 0 Å². The van der Waals surface area contributed by atoms with Gasteiger partial charge in [-0.25, -0.2) is 0 Å². The van der Waals surface area contributed by atoms with Gasteiger partial charge in [-0.3, -0.25) is 9.69 Å². The Hall–Kier alpha value is -2.92. The largest absolute Gasteiger partial charge is 0.350 e. The number of likely N-dealkylation sites (N-methyl/N-ethyl adjacent to an activating group) is 2. The predicted molar refractivity (Wildman–Crippen MR) is 104 cm³/mol. The first-order valence-corrected chi connectivity index (χ1v) is 9.16.